The molecule has 0 aliphatic rings. The van der Waals surface area contributed by atoms with Crippen LogP contribution in [-0.4, -0.2) is 38.0 Å². The molecule has 0 radical (unpaired) electrons. The number of nitro groups is 1. The SMILES string of the molecule is COC(=O)/C=C\Sc1c(-c2nc(-c3ccccc3[N+](=O)[O-])cs2)nnn1C. The quantitative estimate of drug-likeness (QED) is 0.203. The molecule has 0 N–H and O–H groups in total. The number of ether oxygens (including phenoxy) is 1. The average Bonchev–Trinajstić information content (AvgIpc) is 3.29. The van der Waals surface area contributed by atoms with Crippen LogP contribution < -0.4 is 0 Å². The minimum Gasteiger partial charge on any atom is -0.466 e. The van der Waals surface area contributed by atoms with Crippen molar-refractivity contribution in [1.29, 1.82) is 0 Å². The van der Waals surface area contributed by atoms with E-state index in [1.807, 2.05) is 0 Å². The first-order valence-electron chi connectivity index (χ1n) is 7.51. The Morgan fingerprint density at radius 3 is 2.93 bits per heavy atom. The topological polar surface area (TPSA) is 113 Å². The fraction of sp³-hybridized carbons (Fsp3) is 0.125. The first-order chi connectivity index (χ1) is 13.0. The molecule has 138 valence electrons. The number of hydrogen-bond acceptors (Lipinski definition) is 9. The molecule has 0 atom stereocenters. The van der Waals surface area contributed by atoms with E-state index in [1.54, 1.807) is 40.7 Å². The number of aromatic nitrogens is 4. The van der Waals surface area contributed by atoms with Crippen molar-refractivity contribution in [3.8, 4) is 22.0 Å². The summed E-state index contributed by atoms with van der Waals surface area (Å²) in [6, 6.07) is 6.43. The van der Waals surface area contributed by atoms with Crippen LogP contribution in [0.1, 0.15) is 0 Å². The van der Waals surface area contributed by atoms with Crippen molar-refractivity contribution in [2.24, 2.45) is 7.05 Å². The lowest BCUT2D eigenvalue weighted by Gasteiger charge is -1.99. The molecule has 27 heavy (non-hydrogen) atoms. The third-order valence-electron chi connectivity index (χ3n) is 3.44. The Morgan fingerprint density at radius 1 is 1.41 bits per heavy atom. The zero-order valence-electron chi connectivity index (χ0n) is 14.2. The van der Waals surface area contributed by atoms with Gasteiger partial charge in [0.25, 0.3) is 5.69 Å². The van der Waals surface area contributed by atoms with Gasteiger partial charge in [0.1, 0.15) is 10.0 Å². The molecule has 0 amide bonds. The number of carbonyl (C=O) groups excluding carboxylic acids is 1. The lowest BCUT2D eigenvalue weighted by Crippen LogP contribution is -1.94. The molecule has 0 unspecified atom stereocenters. The van der Waals surface area contributed by atoms with Gasteiger partial charge in [-0.15, -0.1) is 16.4 Å². The number of aryl methyl sites for hydroxylation is 1. The molecule has 2 aromatic heterocycles. The Kier molecular flexibility index (Phi) is 5.62. The lowest BCUT2D eigenvalue weighted by molar-refractivity contribution is -0.384. The summed E-state index contributed by atoms with van der Waals surface area (Å²) in [5.41, 5.74) is 1.46. The molecular weight excluding hydrogens is 390 g/mol. The highest BCUT2D eigenvalue weighted by atomic mass is 32.2. The number of thiazole rings is 1. The van der Waals surface area contributed by atoms with Gasteiger partial charge in [0.05, 0.1) is 23.3 Å². The van der Waals surface area contributed by atoms with Gasteiger partial charge in [-0.2, -0.15) is 0 Å². The number of esters is 1. The maximum atomic E-state index is 11.2. The molecule has 3 aromatic rings. The maximum absolute atomic E-state index is 11.2. The third-order valence-corrected chi connectivity index (χ3v) is 5.25. The van der Waals surface area contributed by atoms with Crippen molar-refractivity contribution in [3.63, 3.8) is 0 Å². The predicted molar refractivity (Wildman–Crippen MR) is 101 cm³/mol. The minimum absolute atomic E-state index is 0.0101. The monoisotopic (exact) mass is 403 g/mol. The number of hydrogen-bond donors (Lipinski definition) is 0. The lowest BCUT2D eigenvalue weighted by atomic mass is 10.1. The van der Waals surface area contributed by atoms with Gasteiger partial charge in [-0.1, -0.05) is 29.1 Å². The smallest absolute Gasteiger partial charge is 0.330 e. The van der Waals surface area contributed by atoms with Crippen molar-refractivity contribution in [2.75, 3.05) is 7.11 Å². The molecule has 0 aliphatic heterocycles. The van der Waals surface area contributed by atoms with Crippen LogP contribution in [0, 0.1) is 10.1 Å². The molecule has 2 heterocycles. The normalized spacial score (nSPS) is 11.0. The molecular formula is C16H13N5O4S2. The van der Waals surface area contributed by atoms with Crippen LogP contribution in [0.25, 0.3) is 22.0 Å². The number of carbonyl (C=O) groups is 1. The van der Waals surface area contributed by atoms with E-state index in [-0.39, 0.29) is 5.69 Å². The minimum atomic E-state index is -0.466. The van der Waals surface area contributed by atoms with Crippen LogP contribution in [0.5, 0.6) is 0 Å². The van der Waals surface area contributed by atoms with E-state index >= 15 is 0 Å². The summed E-state index contributed by atoms with van der Waals surface area (Å²) in [4.78, 5) is 26.5. The summed E-state index contributed by atoms with van der Waals surface area (Å²) in [5.74, 6) is -0.466. The van der Waals surface area contributed by atoms with Gasteiger partial charge < -0.3 is 4.74 Å². The van der Waals surface area contributed by atoms with E-state index in [2.05, 4.69) is 20.0 Å². The molecule has 0 saturated carbocycles. The predicted octanol–water partition coefficient (Wildman–Crippen LogP) is 3.29. The van der Waals surface area contributed by atoms with Crippen LogP contribution in [0.15, 0.2) is 46.2 Å². The van der Waals surface area contributed by atoms with Gasteiger partial charge in [-0.25, -0.2) is 14.5 Å². The van der Waals surface area contributed by atoms with Crippen LogP contribution in [0.4, 0.5) is 5.69 Å². The number of nitrogens with zero attached hydrogens (tertiary/aromatic N) is 5. The van der Waals surface area contributed by atoms with Gasteiger partial charge in [0.15, 0.2) is 5.69 Å². The molecule has 0 bridgehead atoms. The van der Waals surface area contributed by atoms with Crippen LogP contribution in [0.2, 0.25) is 0 Å². The van der Waals surface area contributed by atoms with Crippen LogP contribution in [0.3, 0.4) is 0 Å². The highest BCUT2D eigenvalue weighted by molar-refractivity contribution is 8.02. The molecule has 0 saturated heterocycles. The van der Waals surface area contributed by atoms with Crippen molar-refractivity contribution >= 4 is 34.8 Å². The number of methoxy groups -OCH3 is 1. The van der Waals surface area contributed by atoms with E-state index in [4.69, 9.17) is 0 Å². The van der Waals surface area contributed by atoms with E-state index in [9.17, 15) is 14.9 Å². The van der Waals surface area contributed by atoms with E-state index < -0.39 is 10.9 Å². The standard InChI is InChI=1S/C16H13N5O4S2/c1-20-16(26-8-7-13(22)25-2)14(18-19-20)15-17-11(9-27-15)10-5-3-4-6-12(10)21(23)24/h3-9H,1-2H3/b8-7-. The fourth-order valence-corrected chi connectivity index (χ4v) is 3.81. The van der Waals surface area contributed by atoms with Gasteiger partial charge in [-0.3, -0.25) is 10.1 Å². The van der Waals surface area contributed by atoms with Crippen molar-refractivity contribution in [3.05, 3.63) is 51.2 Å². The Morgan fingerprint density at radius 2 is 2.19 bits per heavy atom. The van der Waals surface area contributed by atoms with Crippen molar-refractivity contribution < 1.29 is 14.5 Å². The molecule has 0 aliphatic carbocycles. The Balaban J connectivity index is 1.93. The first-order valence-corrected chi connectivity index (χ1v) is 9.27. The van der Waals surface area contributed by atoms with Gasteiger partial charge in [0, 0.05) is 24.6 Å². The molecule has 11 heteroatoms. The second kappa shape index (κ2) is 8.10. The second-order valence-electron chi connectivity index (χ2n) is 5.12. The Hall–Kier alpha value is -3.05. The number of rotatable bonds is 6. The van der Waals surface area contributed by atoms with Gasteiger partial charge in [0.2, 0.25) is 0 Å². The zero-order chi connectivity index (χ0) is 19.4. The highest BCUT2D eigenvalue weighted by Crippen LogP contribution is 2.36. The molecule has 9 nitrogen and oxygen atoms in total. The second-order valence-corrected chi connectivity index (χ2v) is 6.88. The molecule has 0 spiro atoms. The summed E-state index contributed by atoms with van der Waals surface area (Å²) in [6.45, 7) is 0. The molecule has 0 fully saturated rings. The summed E-state index contributed by atoms with van der Waals surface area (Å²) in [5, 5.41) is 23.9. The van der Waals surface area contributed by atoms with Crippen molar-refractivity contribution in [1.82, 2.24) is 20.0 Å². The highest BCUT2D eigenvalue weighted by Gasteiger charge is 2.20. The molecule has 1 aromatic carbocycles. The van der Waals surface area contributed by atoms with Crippen molar-refractivity contribution in [2.45, 2.75) is 5.03 Å². The fourth-order valence-electron chi connectivity index (χ4n) is 2.19. The number of thioether (sulfide) groups is 1. The summed E-state index contributed by atoms with van der Waals surface area (Å²) >= 11 is 2.56. The largest absolute Gasteiger partial charge is 0.466 e. The zero-order valence-corrected chi connectivity index (χ0v) is 15.9. The van der Waals surface area contributed by atoms with Crippen LogP contribution >= 0.6 is 23.1 Å². The van der Waals surface area contributed by atoms with E-state index in [1.165, 1.54) is 42.4 Å². The van der Waals surface area contributed by atoms with Gasteiger partial charge in [-0.05, 0) is 11.5 Å². The number of benzene rings is 1. The van der Waals surface area contributed by atoms with Crippen LogP contribution in [-0.2, 0) is 16.6 Å². The summed E-state index contributed by atoms with van der Waals surface area (Å²) in [6.07, 6.45) is 1.29. The summed E-state index contributed by atoms with van der Waals surface area (Å²) in [7, 11) is 3.02. The van der Waals surface area contributed by atoms with E-state index in [0.29, 0.717) is 27.0 Å². The van der Waals surface area contributed by atoms with Gasteiger partial charge >= 0.3 is 5.97 Å². The maximum Gasteiger partial charge on any atom is 0.330 e. The summed E-state index contributed by atoms with van der Waals surface area (Å²) < 4.78 is 6.12. The Bertz CT molecular complexity index is 1030. The molecule has 3 rings (SSSR count). The first kappa shape index (κ1) is 18.7. The average molecular weight is 403 g/mol. The number of nitro benzene ring substituents is 1. The third kappa shape index (κ3) is 4.04. The number of para-hydroxylation sites is 1. The van der Waals surface area contributed by atoms with E-state index in [0.717, 1.165) is 0 Å². The Labute approximate surface area is 161 Å².